The largest absolute Gasteiger partial charge is 1.00 e. The number of nitrogens with zero attached hydrogens (tertiary/aromatic N) is 6. The van der Waals surface area contributed by atoms with E-state index in [-0.39, 0.29) is 111 Å². The number of benzene rings is 9. The molecular weight excluding hydrogens is 1330 g/mol. The fourth-order valence-electron chi connectivity index (χ4n) is 9.90. The van der Waals surface area contributed by atoms with Gasteiger partial charge in [-0.15, -0.1) is 0 Å². The molecule has 0 aliphatic carbocycles. The molecule has 9 aromatic carbocycles. The van der Waals surface area contributed by atoms with E-state index >= 15 is 0 Å². The van der Waals surface area contributed by atoms with E-state index in [2.05, 4.69) is 189 Å². The number of anilines is 8. The molecule has 0 fully saturated rings. The summed E-state index contributed by atoms with van der Waals surface area (Å²) >= 11 is 17.6. The Morgan fingerprint density at radius 1 is 0.383 bits per heavy atom. The smallest absolute Gasteiger partial charge is 1.00 e. The predicted octanol–water partition coefficient (Wildman–Crippen LogP) is 14.2. The van der Waals surface area contributed by atoms with Crippen LogP contribution >= 0.6 is 39.1 Å². The number of rotatable bonds is 18. The Balaban J connectivity index is 0.000000231. The number of carbonyl (C=O) groups excluding carboxylic acids is 1. The molecule has 456 valence electrons. The Kier molecular flexibility index (Phi) is 29.9. The molecule has 94 heavy (non-hydrogen) atoms. The van der Waals surface area contributed by atoms with E-state index in [1.807, 2.05) is 182 Å². The molecule has 0 saturated heterocycles. The van der Waals surface area contributed by atoms with Gasteiger partial charge >= 0.3 is 103 Å². The van der Waals surface area contributed by atoms with Crippen molar-refractivity contribution in [2.24, 2.45) is 0 Å². The minimum atomic E-state index is -0.181. The van der Waals surface area contributed by atoms with Crippen LogP contribution in [0.1, 0.15) is 18.1 Å². The molecule has 0 saturated carbocycles. The minimum Gasteiger partial charge on any atom is -1.00 e. The summed E-state index contributed by atoms with van der Waals surface area (Å²) in [5.74, 6) is 0. The van der Waals surface area contributed by atoms with Crippen LogP contribution in [0, 0.1) is 0 Å². The van der Waals surface area contributed by atoms with E-state index < -0.39 is 0 Å². The molecule has 4 aromatic heterocycles. The van der Waals surface area contributed by atoms with Crippen molar-refractivity contribution in [2.75, 3.05) is 20.4 Å². The fourth-order valence-corrected chi connectivity index (χ4v) is 10.8. The van der Waals surface area contributed by atoms with Gasteiger partial charge in [0.25, 0.3) is 6.47 Å². The molecule has 13 aromatic rings. The Morgan fingerprint density at radius 3 is 0.968 bits per heavy atom. The van der Waals surface area contributed by atoms with Crippen LogP contribution in [0.5, 0.6) is 0 Å². The second-order valence-electron chi connectivity index (χ2n) is 20.6. The van der Waals surface area contributed by atoms with Gasteiger partial charge in [0.05, 0.1) is 55.6 Å². The van der Waals surface area contributed by atoms with E-state index in [9.17, 15) is 0 Å². The molecule has 0 aliphatic rings. The average Bonchev–Trinajstić information content (AvgIpc) is 0.882. The molecule has 0 aliphatic heterocycles. The fraction of sp³-hybridized carbons (Fsp3) is 0.0385. The number of hydrogen-bond acceptors (Lipinski definition) is 11. The second kappa shape index (κ2) is 38.8. The average molecular weight is 1390 g/mol. The van der Waals surface area contributed by atoms with Gasteiger partial charge in [0.15, 0.2) is 0 Å². The Bertz CT molecular complexity index is 4080. The Labute approximate surface area is 654 Å². The first-order valence-electron chi connectivity index (χ1n) is 29.5. The first-order valence-corrected chi connectivity index (χ1v) is 31.3. The normalized spacial score (nSPS) is 10.1. The third kappa shape index (κ3) is 21.0. The van der Waals surface area contributed by atoms with Gasteiger partial charge in [-0.3, -0.25) is 24.7 Å². The van der Waals surface area contributed by atoms with Crippen LogP contribution < -0.4 is 128 Å². The van der Waals surface area contributed by atoms with Crippen molar-refractivity contribution >= 4 is 91.1 Å². The summed E-state index contributed by atoms with van der Waals surface area (Å²) in [6, 6.07) is 101. The summed E-state index contributed by atoms with van der Waals surface area (Å²) in [4.78, 5) is 33.7. The van der Waals surface area contributed by atoms with Crippen molar-refractivity contribution in [2.45, 2.75) is 18.4 Å². The van der Waals surface area contributed by atoms with Gasteiger partial charge in [0.1, 0.15) is 0 Å². The van der Waals surface area contributed by atoms with Crippen molar-refractivity contribution in [3.05, 3.63) is 349 Å². The zero-order chi connectivity index (χ0) is 63.5. The van der Waals surface area contributed by atoms with Crippen molar-refractivity contribution < 1.29 is 119 Å². The number of aromatic nitrogens is 4. The second-order valence-corrected chi connectivity index (χ2v) is 21.9. The summed E-state index contributed by atoms with van der Waals surface area (Å²) < 4.78 is 0. The standard InChI is InChI=1S/C42H33ClN4.C28H21ClN4.C7H7Br.CH2O3.2K.H/c43-42-40(46(30-32-12-3-1-4-13-32)36-24-20-34(21-25-36)38-16-7-9-28-44-38)18-11-19-41(42)47(31-33-14-5-2-6-15-33)37-26-22-35(23-27-37)39-17-8-10-29-45-39;29-28-26(32-22-14-10-20(11-15-22)24-6-1-3-18-30-24)8-5-9-27(28)33-23-16-12-21(13-17-23)25-7-2-4-19-31-25;8-6-7-4-2-1-3-5-7;2-1-4-3;;;/h1-29H,30-31H2;1-19,32-33H;1-5H,6H2;1,3H;;;/q;;;;2*+1;-1/p-1. The molecule has 0 amide bonds. The SMILES string of the molecule is BrCc1ccccc1.Clc1c(N(Cc2ccccc2)c2ccc(-c3ccccn3)cc2)cccc1N(Cc1ccccc1)c1ccc(-c2ccccn2)cc1.Clc1c(Nc2ccc(-c3ccccn3)cc2)cccc1Nc1ccc(-c2ccccn2)cc1.O=CO[O-].[H-].[K+].[K+]. The maximum absolute atomic E-state index is 8.64. The molecule has 16 heteroatoms. The quantitative estimate of drug-likeness (QED) is 0.0280. The first-order chi connectivity index (χ1) is 45.3. The van der Waals surface area contributed by atoms with Crippen LogP contribution in [0.4, 0.5) is 45.5 Å². The van der Waals surface area contributed by atoms with Gasteiger partial charge < -0.3 is 32.0 Å². The van der Waals surface area contributed by atoms with Crippen molar-refractivity contribution in [3.63, 3.8) is 0 Å². The van der Waals surface area contributed by atoms with Crippen LogP contribution in [-0.4, -0.2) is 26.4 Å². The number of alkyl halides is 1. The van der Waals surface area contributed by atoms with Crippen molar-refractivity contribution in [1.29, 1.82) is 0 Å². The maximum Gasteiger partial charge on any atom is 1.00 e. The number of pyridine rings is 4. The van der Waals surface area contributed by atoms with Crippen LogP contribution in [0.15, 0.2) is 322 Å². The maximum atomic E-state index is 8.64. The van der Waals surface area contributed by atoms with E-state index in [1.165, 1.54) is 16.7 Å². The third-order valence-corrected chi connectivity index (χ3v) is 15.9. The summed E-state index contributed by atoms with van der Waals surface area (Å²) in [5.41, 5.74) is 19.3. The topological polar surface area (TPSA) is 131 Å². The molecule has 2 N–H and O–H groups in total. The van der Waals surface area contributed by atoms with Crippen LogP contribution in [-0.2, 0) is 28.1 Å². The van der Waals surface area contributed by atoms with Crippen LogP contribution in [0.3, 0.4) is 0 Å². The summed E-state index contributed by atoms with van der Waals surface area (Å²) in [7, 11) is 0. The molecule has 4 heterocycles. The molecule has 11 nitrogen and oxygen atoms in total. The van der Waals surface area contributed by atoms with Crippen molar-refractivity contribution in [1.82, 2.24) is 19.9 Å². The predicted molar refractivity (Wildman–Crippen MR) is 380 cm³/mol. The van der Waals surface area contributed by atoms with Gasteiger partial charge in [-0.1, -0.05) is 215 Å². The van der Waals surface area contributed by atoms with E-state index in [1.54, 1.807) is 12.4 Å². The molecule has 13 rings (SSSR count). The summed E-state index contributed by atoms with van der Waals surface area (Å²) in [6.07, 6.45) is 7.24. The molecule has 0 unspecified atom stereocenters. The number of hydrogen-bond donors (Lipinski definition) is 2. The van der Waals surface area contributed by atoms with Gasteiger partial charge in [-0.2, -0.15) is 0 Å². The van der Waals surface area contributed by atoms with E-state index in [4.69, 9.17) is 33.3 Å². The summed E-state index contributed by atoms with van der Waals surface area (Å²) in [6.45, 7) is 1.13. The van der Waals surface area contributed by atoms with Gasteiger partial charge in [-0.25, -0.2) is 0 Å². The number of carbonyl (C=O) groups is 1. The Hall–Kier alpha value is -7.46. The minimum absolute atomic E-state index is 0. The molecule has 0 bridgehead atoms. The zero-order valence-corrected chi connectivity index (χ0v) is 61.2. The monoisotopic (exact) mass is 1390 g/mol. The van der Waals surface area contributed by atoms with Crippen molar-refractivity contribution in [3.8, 4) is 45.0 Å². The third-order valence-electron chi connectivity index (χ3n) is 14.5. The molecule has 0 atom stereocenters. The molecular formula is C78H63BrCl2K2N8O3. The molecule has 0 radical (unpaired) electrons. The zero-order valence-electron chi connectivity index (χ0n) is 52.8. The van der Waals surface area contributed by atoms with Crippen LogP contribution in [0.25, 0.3) is 45.0 Å². The number of nitrogens with one attached hydrogen (secondary N) is 2. The van der Waals surface area contributed by atoms with Gasteiger partial charge in [-0.05, 0) is 138 Å². The van der Waals surface area contributed by atoms with Gasteiger partial charge in [0.2, 0.25) is 0 Å². The van der Waals surface area contributed by atoms with Gasteiger partial charge in [0, 0.05) is 88.2 Å². The first kappa shape index (κ1) is 72.4. The number of halogens is 3. The summed E-state index contributed by atoms with van der Waals surface area (Å²) in [5, 5.41) is 17.5. The Morgan fingerprint density at radius 2 is 0.681 bits per heavy atom. The molecule has 0 spiro atoms. The van der Waals surface area contributed by atoms with Crippen LogP contribution in [0.2, 0.25) is 10.0 Å². The van der Waals surface area contributed by atoms with E-state index in [0.717, 1.165) is 95.9 Å². The van der Waals surface area contributed by atoms with E-state index in [0.29, 0.717) is 23.1 Å².